The minimum Gasteiger partial charge on any atom is -0.469 e. The van der Waals surface area contributed by atoms with Gasteiger partial charge in [-0.1, -0.05) is 19.8 Å². The first-order valence-electron chi connectivity index (χ1n) is 7.01. The third kappa shape index (κ3) is 6.96. The number of nitrogens with zero attached hydrogens (tertiary/aromatic N) is 1. The molecule has 5 heteroatoms. The van der Waals surface area contributed by atoms with Gasteiger partial charge in [0.1, 0.15) is 0 Å². The summed E-state index contributed by atoms with van der Waals surface area (Å²) in [5, 5.41) is 3.39. The second-order valence-corrected chi connectivity index (χ2v) is 4.81. The first-order chi connectivity index (χ1) is 9.26. The molecule has 0 bridgehead atoms. The topological polar surface area (TPSA) is 67.0 Å². The third-order valence-electron chi connectivity index (χ3n) is 3.28. The average Bonchev–Trinajstić information content (AvgIpc) is 2.93. The lowest BCUT2D eigenvalue weighted by molar-refractivity contribution is -0.140. The first kappa shape index (κ1) is 15.7. The van der Waals surface area contributed by atoms with Crippen LogP contribution in [0.4, 0.5) is 0 Å². The van der Waals surface area contributed by atoms with Gasteiger partial charge >= 0.3 is 5.97 Å². The average molecular weight is 267 g/mol. The minimum atomic E-state index is -0.105. The number of nitrogens with one attached hydrogen (secondary N) is 2. The molecule has 0 aliphatic heterocycles. The van der Waals surface area contributed by atoms with Gasteiger partial charge in [-0.05, 0) is 25.3 Å². The van der Waals surface area contributed by atoms with Crippen LogP contribution in [0.5, 0.6) is 0 Å². The molecule has 0 aliphatic carbocycles. The molecule has 0 aliphatic rings. The van der Waals surface area contributed by atoms with E-state index in [0.29, 0.717) is 12.3 Å². The van der Waals surface area contributed by atoms with Gasteiger partial charge < -0.3 is 15.0 Å². The van der Waals surface area contributed by atoms with Crippen LogP contribution in [-0.4, -0.2) is 29.6 Å². The van der Waals surface area contributed by atoms with Gasteiger partial charge in [0, 0.05) is 24.9 Å². The zero-order valence-electron chi connectivity index (χ0n) is 11.9. The molecule has 1 heterocycles. The Bertz CT molecular complexity index is 338. The molecule has 1 aromatic heterocycles. The molecule has 19 heavy (non-hydrogen) atoms. The normalized spacial score (nSPS) is 12.3. The molecule has 108 valence electrons. The number of H-pyrrole nitrogens is 1. The van der Waals surface area contributed by atoms with Crippen LogP contribution in [0.25, 0.3) is 0 Å². The number of imidazole rings is 1. The zero-order valence-corrected chi connectivity index (χ0v) is 11.9. The molecular weight excluding hydrogens is 242 g/mol. The van der Waals surface area contributed by atoms with E-state index in [1.807, 2.05) is 6.20 Å². The quantitative estimate of drug-likeness (QED) is 0.504. The van der Waals surface area contributed by atoms with Crippen molar-refractivity contribution in [1.29, 1.82) is 0 Å². The number of rotatable bonds is 10. The highest BCUT2D eigenvalue weighted by Crippen LogP contribution is 2.17. The Morgan fingerprint density at radius 3 is 2.95 bits per heavy atom. The lowest BCUT2D eigenvalue weighted by Crippen LogP contribution is -2.18. The van der Waals surface area contributed by atoms with Crippen LogP contribution >= 0.6 is 0 Å². The molecule has 0 fully saturated rings. The number of hydrogen-bond donors (Lipinski definition) is 2. The molecular formula is C14H25N3O2. The SMILES string of the molecule is CCCC(CCNCc1cnc[nH]1)CCC(=O)OC. The van der Waals surface area contributed by atoms with Crippen molar-refractivity contribution in [2.24, 2.45) is 5.92 Å². The summed E-state index contributed by atoms with van der Waals surface area (Å²) in [6.45, 7) is 3.96. The van der Waals surface area contributed by atoms with E-state index in [1.54, 1.807) is 6.33 Å². The summed E-state index contributed by atoms with van der Waals surface area (Å²) in [5.74, 6) is 0.491. The molecule has 1 aromatic rings. The minimum absolute atomic E-state index is 0.105. The fourth-order valence-corrected chi connectivity index (χ4v) is 2.18. The number of aromatic amines is 1. The molecule has 1 atom stereocenters. The Hall–Kier alpha value is -1.36. The van der Waals surface area contributed by atoms with Gasteiger partial charge in [-0.2, -0.15) is 0 Å². The van der Waals surface area contributed by atoms with Gasteiger partial charge in [0.2, 0.25) is 0 Å². The summed E-state index contributed by atoms with van der Waals surface area (Å²) in [5.41, 5.74) is 1.10. The number of aromatic nitrogens is 2. The lowest BCUT2D eigenvalue weighted by atomic mass is 9.94. The standard InChI is InChI=1S/C14H25N3O2/c1-3-4-12(5-6-14(18)19-2)7-8-15-9-13-10-16-11-17-13/h10-12,15H,3-9H2,1-2H3,(H,16,17). The van der Waals surface area contributed by atoms with Crippen molar-refractivity contribution in [2.45, 2.75) is 45.6 Å². The molecule has 0 aromatic carbocycles. The maximum absolute atomic E-state index is 11.2. The van der Waals surface area contributed by atoms with Gasteiger partial charge in [0.15, 0.2) is 0 Å². The van der Waals surface area contributed by atoms with Gasteiger partial charge in [-0.3, -0.25) is 4.79 Å². The van der Waals surface area contributed by atoms with E-state index >= 15 is 0 Å². The number of ether oxygens (including phenoxy) is 1. The fraction of sp³-hybridized carbons (Fsp3) is 0.714. The van der Waals surface area contributed by atoms with E-state index < -0.39 is 0 Å². The fourth-order valence-electron chi connectivity index (χ4n) is 2.18. The van der Waals surface area contributed by atoms with E-state index in [0.717, 1.165) is 38.0 Å². The number of carbonyl (C=O) groups excluding carboxylic acids is 1. The molecule has 0 amide bonds. The molecule has 1 rings (SSSR count). The number of methoxy groups -OCH3 is 1. The van der Waals surface area contributed by atoms with E-state index in [-0.39, 0.29) is 5.97 Å². The maximum atomic E-state index is 11.2. The predicted octanol–water partition coefficient (Wildman–Crippen LogP) is 2.26. The molecule has 2 N–H and O–H groups in total. The van der Waals surface area contributed by atoms with Crippen LogP contribution in [0.1, 0.15) is 44.7 Å². The number of esters is 1. The highest BCUT2D eigenvalue weighted by molar-refractivity contribution is 5.69. The Labute approximate surface area is 115 Å². The largest absolute Gasteiger partial charge is 0.469 e. The Morgan fingerprint density at radius 1 is 1.47 bits per heavy atom. The van der Waals surface area contributed by atoms with Crippen molar-refractivity contribution in [2.75, 3.05) is 13.7 Å². The molecule has 0 spiro atoms. The van der Waals surface area contributed by atoms with Gasteiger partial charge in [-0.25, -0.2) is 4.98 Å². The molecule has 1 unspecified atom stereocenters. The number of carbonyl (C=O) groups is 1. The van der Waals surface area contributed by atoms with Crippen LogP contribution in [0.15, 0.2) is 12.5 Å². The second kappa shape index (κ2) is 9.55. The van der Waals surface area contributed by atoms with Gasteiger partial charge in [0.05, 0.1) is 13.4 Å². The predicted molar refractivity (Wildman–Crippen MR) is 74.6 cm³/mol. The van der Waals surface area contributed by atoms with Crippen molar-refractivity contribution < 1.29 is 9.53 Å². The molecule has 0 saturated carbocycles. The second-order valence-electron chi connectivity index (χ2n) is 4.81. The first-order valence-corrected chi connectivity index (χ1v) is 7.01. The summed E-state index contributed by atoms with van der Waals surface area (Å²) in [4.78, 5) is 18.2. The Balaban J connectivity index is 2.15. The highest BCUT2D eigenvalue weighted by atomic mass is 16.5. The summed E-state index contributed by atoms with van der Waals surface area (Å²) in [6, 6.07) is 0. The van der Waals surface area contributed by atoms with E-state index in [2.05, 4.69) is 26.9 Å². The van der Waals surface area contributed by atoms with Crippen LogP contribution < -0.4 is 5.32 Å². The van der Waals surface area contributed by atoms with Crippen molar-refractivity contribution in [1.82, 2.24) is 15.3 Å². The van der Waals surface area contributed by atoms with Crippen molar-refractivity contribution in [3.05, 3.63) is 18.2 Å². The summed E-state index contributed by atoms with van der Waals surface area (Å²) >= 11 is 0. The Kier molecular flexibility index (Phi) is 7.89. The van der Waals surface area contributed by atoms with E-state index in [9.17, 15) is 4.79 Å². The number of hydrogen-bond acceptors (Lipinski definition) is 4. The van der Waals surface area contributed by atoms with Crippen molar-refractivity contribution >= 4 is 5.97 Å². The molecule has 0 saturated heterocycles. The summed E-state index contributed by atoms with van der Waals surface area (Å²) < 4.78 is 4.69. The van der Waals surface area contributed by atoms with Crippen LogP contribution in [0.3, 0.4) is 0 Å². The Morgan fingerprint density at radius 2 is 2.32 bits per heavy atom. The van der Waals surface area contributed by atoms with Gasteiger partial charge in [-0.15, -0.1) is 0 Å². The molecule has 5 nitrogen and oxygen atoms in total. The lowest BCUT2D eigenvalue weighted by Gasteiger charge is -2.15. The summed E-state index contributed by atoms with van der Waals surface area (Å²) in [6.07, 6.45) is 8.39. The smallest absolute Gasteiger partial charge is 0.305 e. The summed E-state index contributed by atoms with van der Waals surface area (Å²) in [7, 11) is 1.45. The third-order valence-corrected chi connectivity index (χ3v) is 3.28. The van der Waals surface area contributed by atoms with E-state index in [1.165, 1.54) is 13.5 Å². The highest BCUT2D eigenvalue weighted by Gasteiger charge is 2.10. The van der Waals surface area contributed by atoms with Gasteiger partial charge in [0.25, 0.3) is 0 Å². The molecule has 0 radical (unpaired) electrons. The van der Waals surface area contributed by atoms with Crippen LogP contribution in [-0.2, 0) is 16.1 Å². The van der Waals surface area contributed by atoms with E-state index in [4.69, 9.17) is 0 Å². The van der Waals surface area contributed by atoms with Crippen LogP contribution in [0.2, 0.25) is 0 Å². The zero-order chi connectivity index (χ0) is 13.9. The van der Waals surface area contributed by atoms with Crippen molar-refractivity contribution in [3.63, 3.8) is 0 Å². The van der Waals surface area contributed by atoms with Crippen LogP contribution in [0, 0.1) is 5.92 Å². The van der Waals surface area contributed by atoms with Crippen molar-refractivity contribution in [3.8, 4) is 0 Å². The monoisotopic (exact) mass is 267 g/mol. The maximum Gasteiger partial charge on any atom is 0.305 e.